The maximum Gasteiger partial charge on any atom is 0.343 e. The van der Waals surface area contributed by atoms with Crippen molar-refractivity contribution in [2.24, 2.45) is 9.98 Å². The molecular formula is C61H70N2O9. The summed E-state index contributed by atoms with van der Waals surface area (Å²) < 4.78 is 34.4. The van der Waals surface area contributed by atoms with Gasteiger partial charge < -0.3 is 33.5 Å². The summed E-state index contributed by atoms with van der Waals surface area (Å²) in [6.45, 7) is 5.88. The van der Waals surface area contributed by atoms with E-state index in [-0.39, 0.29) is 13.2 Å². The smallest absolute Gasteiger partial charge is 0.343 e. The van der Waals surface area contributed by atoms with Gasteiger partial charge in [0.05, 0.1) is 35.7 Å². The first-order valence-corrected chi connectivity index (χ1v) is 25.7. The molecule has 0 atom stereocenters. The summed E-state index contributed by atoms with van der Waals surface area (Å²) in [5, 5.41) is 10.5. The van der Waals surface area contributed by atoms with E-state index in [1.54, 1.807) is 109 Å². The molecule has 0 unspecified atom stereocenters. The molecule has 0 aromatic heterocycles. The van der Waals surface area contributed by atoms with Crippen LogP contribution in [0.15, 0.2) is 156 Å². The number of aliphatic hydroxyl groups is 1. The van der Waals surface area contributed by atoms with Crippen molar-refractivity contribution in [3.63, 3.8) is 0 Å². The molecule has 0 spiro atoms. The minimum absolute atomic E-state index is 0.0426. The van der Waals surface area contributed by atoms with E-state index < -0.39 is 18.0 Å². The molecule has 0 saturated heterocycles. The Morgan fingerprint density at radius 2 is 0.708 bits per heavy atom. The Bertz CT molecular complexity index is 2350. The van der Waals surface area contributed by atoms with E-state index in [1.165, 1.54) is 77.0 Å². The van der Waals surface area contributed by atoms with Crippen molar-refractivity contribution in [3.8, 4) is 34.5 Å². The molecule has 0 heterocycles. The van der Waals surface area contributed by atoms with Gasteiger partial charge in [-0.05, 0) is 170 Å². The van der Waals surface area contributed by atoms with Crippen LogP contribution in [0.2, 0.25) is 0 Å². The molecule has 11 nitrogen and oxygen atoms in total. The number of unbranched alkanes of at least 4 members (excludes halogenated alkanes) is 12. The van der Waals surface area contributed by atoms with Crippen LogP contribution in [0, 0.1) is 0 Å². The summed E-state index contributed by atoms with van der Waals surface area (Å²) in [6, 6.07) is 42.8. The molecule has 378 valence electrons. The molecule has 6 aromatic rings. The van der Waals surface area contributed by atoms with Crippen LogP contribution in [0.5, 0.6) is 34.5 Å². The van der Waals surface area contributed by atoms with E-state index in [4.69, 9.17) is 28.4 Å². The van der Waals surface area contributed by atoms with Crippen molar-refractivity contribution in [2.45, 2.75) is 110 Å². The minimum atomic E-state index is -0.862. The highest BCUT2D eigenvalue weighted by Crippen LogP contribution is 2.23. The van der Waals surface area contributed by atoms with Gasteiger partial charge in [0.25, 0.3) is 0 Å². The molecule has 6 rings (SSSR count). The lowest BCUT2D eigenvalue weighted by Crippen LogP contribution is -2.25. The average molecular weight is 975 g/mol. The van der Waals surface area contributed by atoms with Gasteiger partial charge in [-0.25, -0.2) is 9.59 Å². The van der Waals surface area contributed by atoms with Gasteiger partial charge in [0.15, 0.2) is 0 Å². The molecule has 0 aliphatic rings. The summed E-state index contributed by atoms with van der Waals surface area (Å²) in [5.41, 5.74) is 4.02. The first kappa shape index (κ1) is 54.1. The van der Waals surface area contributed by atoms with Crippen LogP contribution >= 0.6 is 0 Å². The van der Waals surface area contributed by atoms with Gasteiger partial charge in [0.1, 0.15) is 53.8 Å². The van der Waals surface area contributed by atoms with Crippen LogP contribution in [-0.4, -0.2) is 62.0 Å². The van der Waals surface area contributed by atoms with Crippen LogP contribution in [0.1, 0.15) is 136 Å². The summed E-state index contributed by atoms with van der Waals surface area (Å²) in [4.78, 5) is 34.6. The number of rotatable bonds is 32. The van der Waals surface area contributed by atoms with Gasteiger partial charge in [-0.2, -0.15) is 0 Å². The first-order chi connectivity index (χ1) is 35.3. The molecule has 72 heavy (non-hydrogen) atoms. The molecule has 6 aromatic carbocycles. The van der Waals surface area contributed by atoms with Gasteiger partial charge in [-0.15, -0.1) is 0 Å². The number of nitrogens with zero attached hydrogens (tertiary/aromatic N) is 2. The number of carbonyl (C=O) groups is 2. The Hall–Kier alpha value is -7.24. The number of hydrogen-bond acceptors (Lipinski definition) is 11. The fraction of sp³-hybridized carbons (Fsp3) is 0.344. The molecule has 1 N–H and O–H groups in total. The topological polar surface area (TPSA) is 134 Å². The Kier molecular flexibility index (Phi) is 23.4. The van der Waals surface area contributed by atoms with Crippen LogP contribution in [0.25, 0.3) is 0 Å². The highest BCUT2D eigenvalue weighted by Gasteiger charge is 2.12. The van der Waals surface area contributed by atoms with Gasteiger partial charge in [-0.3, -0.25) is 9.98 Å². The van der Waals surface area contributed by atoms with E-state index in [0.717, 1.165) is 46.8 Å². The fourth-order valence-electron chi connectivity index (χ4n) is 7.44. The summed E-state index contributed by atoms with van der Waals surface area (Å²) >= 11 is 0. The molecule has 0 fully saturated rings. The Morgan fingerprint density at radius 1 is 0.403 bits per heavy atom. The fourth-order valence-corrected chi connectivity index (χ4v) is 7.44. The predicted molar refractivity (Wildman–Crippen MR) is 287 cm³/mol. The van der Waals surface area contributed by atoms with Crippen molar-refractivity contribution in [1.29, 1.82) is 0 Å². The van der Waals surface area contributed by atoms with E-state index in [0.29, 0.717) is 47.3 Å². The molecule has 0 saturated carbocycles. The Labute approximate surface area is 425 Å². The zero-order valence-electron chi connectivity index (χ0n) is 41.9. The number of hydrogen-bond donors (Lipinski definition) is 1. The molecule has 0 radical (unpaired) electrons. The molecular weight excluding hydrogens is 905 g/mol. The zero-order valence-corrected chi connectivity index (χ0v) is 41.9. The minimum Gasteiger partial charge on any atom is -0.494 e. The van der Waals surface area contributed by atoms with Crippen molar-refractivity contribution in [3.05, 3.63) is 168 Å². The summed E-state index contributed by atoms with van der Waals surface area (Å²) in [6.07, 6.45) is 19.8. The van der Waals surface area contributed by atoms with Crippen molar-refractivity contribution < 1.29 is 43.1 Å². The number of aliphatic hydroxyl groups excluding tert-OH is 1. The lowest BCUT2D eigenvalue weighted by molar-refractivity contribution is 0.0626. The third-order valence-corrected chi connectivity index (χ3v) is 11.7. The number of ether oxygens (including phenoxy) is 6. The van der Waals surface area contributed by atoms with Gasteiger partial charge in [0.2, 0.25) is 0 Å². The predicted octanol–water partition coefficient (Wildman–Crippen LogP) is 14.7. The van der Waals surface area contributed by atoms with Crippen LogP contribution in [0.4, 0.5) is 11.4 Å². The Morgan fingerprint density at radius 3 is 1.07 bits per heavy atom. The second-order valence-corrected chi connectivity index (χ2v) is 17.7. The standard InChI is InChI=1S/C61H70N2O9/c1-3-5-7-9-11-13-15-41-67-54-33-21-49(22-34-54)60(65)71-58-29-17-47(18-30-58)43-62-51-25-37-56(38-26-51)69-45-53(64)46-70-57-39-27-52(28-40-57)63-44-48-19-31-59(32-20-48)72-61(66)50-23-35-55(36-24-50)68-42-16-14-12-10-8-6-4-2/h17-40,43-44,53,64H,3-16,41-42,45-46H2,1-2H3. The van der Waals surface area contributed by atoms with E-state index in [1.807, 2.05) is 48.5 Å². The van der Waals surface area contributed by atoms with Crippen molar-refractivity contribution in [1.82, 2.24) is 0 Å². The molecule has 0 aliphatic heterocycles. The molecule has 0 aliphatic carbocycles. The van der Waals surface area contributed by atoms with Crippen molar-refractivity contribution in [2.75, 3.05) is 26.4 Å². The highest BCUT2D eigenvalue weighted by atomic mass is 16.5. The number of esters is 2. The normalized spacial score (nSPS) is 11.7. The quantitative estimate of drug-likeness (QED) is 0.0190. The van der Waals surface area contributed by atoms with E-state index in [2.05, 4.69) is 23.8 Å². The van der Waals surface area contributed by atoms with Crippen LogP contribution in [0.3, 0.4) is 0 Å². The molecule has 0 bridgehead atoms. The van der Waals surface area contributed by atoms with E-state index in [9.17, 15) is 14.7 Å². The number of benzene rings is 6. The maximum absolute atomic E-state index is 12.7. The lowest BCUT2D eigenvalue weighted by atomic mass is 10.1. The lowest BCUT2D eigenvalue weighted by Gasteiger charge is -2.14. The van der Waals surface area contributed by atoms with Gasteiger partial charge in [0, 0.05) is 12.4 Å². The SMILES string of the molecule is CCCCCCCCCOc1ccc(C(=O)Oc2ccc(C=Nc3ccc(OCC(O)COc4ccc(N=Cc5ccc(OC(=O)c6ccc(OCCCCCCCCC)cc6)cc5)cc4)cc3)cc2)cc1. The number of carbonyl (C=O) groups excluding carboxylic acids is 2. The van der Waals surface area contributed by atoms with Crippen LogP contribution in [-0.2, 0) is 0 Å². The average Bonchev–Trinajstić information content (AvgIpc) is 3.41. The summed E-state index contributed by atoms with van der Waals surface area (Å²) in [5.74, 6) is 2.66. The van der Waals surface area contributed by atoms with Crippen molar-refractivity contribution >= 4 is 35.7 Å². The highest BCUT2D eigenvalue weighted by molar-refractivity contribution is 5.92. The van der Waals surface area contributed by atoms with Crippen LogP contribution < -0.4 is 28.4 Å². The number of aliphatic imine (C=N–C) groups is 2. The second kappa shape index (κ2) is 31.2. The van der Waals surface area contributed by atoms with E-state index >= 15 is 0 Å². The van der Waals surface area contributed by atoms with Gasteiger partial charge in [-0.1, -0.05) is 90.9 Å². The third kappa shape index (κ3) is 20.2. The Balaban J connectivity index is 0.830. The molecule has 0 amide bonds. The summed E-state index contributed by atoms with van der Waals surface area (Å²) in [7, 11) is 0. The zero-order chi connectivity index (χ0) is 50.4. The monoisotopic (exact) mass is 975 g/mol. The molecule has 11 heteroatoms. The first-order valence-electron chi connectivity index (χ1n) is 25.7. The largest absolute Gasteiger partial charge is 0.494 e. The third-order valence-electron chi connectivity index (χ3n) is 11.7. The maximum atomic E-state index is 12.7. The second-order valence-electron chi connectivity index (χ2n) is 17.7. The van der Waals surface area contributed by atoms with Gasteiger partial charge >= 0.3 is 11.9 Å².